The third kappa shape index (κ3) is 4.76. The molecule has 3 aromatic carbocycles. The quantitative estimate of drug-likeness (QED) is 0.348. The largest absolute Gasteiger partial charge is 0.497 e. The van der Waals surface area contributed by atoms with E-state index in [9.17, 15) is 13.2 Å². The number of methoxy groups -OCH3 is 1. The van der Waals surface area contributed by atoms with Gasteiger partial charge in [-0.1, -0.05) is 23.5 Å². The van der Waals surface area contributed by atoms with Crippen molar-refractivity contribution in [3.8, 4) is 17.0 Å². The van der Waals surface area contributed by atoms with E-state index in [0.29, 0.717) is 18.5 Å². The number of hydrogen-bond donors (Lipinski definition) is 2. The van der Waals surface area contributed by atoms with Crippen molar-refractivity contribution in [1.29, 1.82) is 0 Å². The summed E-state index contributed by atoms with van der Waals surface area (Å²) in [5, 5.41) is 8.03. The number of hydrogen-bond acceptors (Lipinski definition) is 6. The molecule has 0 radical (unpaired) electrons. The minimum absolute atomic E-state index is 0.0667. The monoisotopic (exact) mass is 506 g/mol. The van der Waals surface area contributed by atoms with Crippen molar-refractivity contribution >= 4 is 42.4 Å². The standard InChI is InChI=1S/C25H22N4O4S2/c1-33-19-7-4-17(5-8-19)21-15-29-22-11-6-18(14-23(22)34-25(29)28-21)24(30)27-13-12-16-2-9-20(10-3-16)35(26,31)32/h2-11,14-15H,12-13H2,1H3,(H,27,30)(H2,26,31,32). The summed E-state index contributed by atoms with van der Waals surface area (Å²) < 4.78 is 30.9. The summed E-state index contributed by atoms with van der Waals surface area (Å²) in [5.41, 5.74) is 4.34. The molecule has 0 aliphatic heterocycles. The molecule has 0 aliphatic carbocycles. The van der Waals surface area contributed by atoms with E-state index in [1.54, 1.807) is 25.3 Å². The summed E-state index contributed by atoms with van der Waals surface area (Å²) >= 11 is 1.53. The molecule has 0 bridgehead atoms. The first-order chi connectivity index (χ1) is 16.8. The number of amides is 1. The van der Waals surface area contributed by atoms with Crippen LogP contribution in [0.4, 0.5) is 0 Å². The molecule has 10 heteroatoms. The number of primary sulfonamides is 1. The van der Waals surface area contributed by atoms with Gasteiger partial charge in [0.1, 0.15) is 5.75 Å². The first-order valence-electron chi connectivity index (χ1n) is 10.8. The second-order valence-electron chi connectivity index (χ2n) is 7.99. The van der Waals surface area contributed by atoms with Crippen LogP contribution in [0.3, 0.4) is 0 Å². The molecule has 0 unspecified atom stereocenters. The molecule has 0 spiro atoms. The summed E-state index contributed by atoms with van der Waals surface area (Å²) in [6.45, 7) is 0.421. The van der Waals surface area contributed by atoms with Crippen LogP contribution in [0.5, 0.6) is 5.75 Å². The van der Waals surface area contributed by atoms with Crippen molar-refractivity contribution in [2.75, 3.05) is 13.7 Å². The molecule has 5 rings (SSSR count). The highest BCUT2D eigenvalue weighted by molar-refractivity contribution is 7.89. The van der Waals surface area contributed by atoms with Crippen molar-refractivity contribution in [2.24, 2.45) is 5.14 Å². The van der Waals surface area contributed by atoms with Crippen molar-refractivity contribution < 1.29 is 17.9 Å². The Balaban J connectivity index is 1.27. The molecule has 2 aromatic heterocycles. The average molecular weight is 507 g/mol. The van der Waals surface area contributed by atoms with Gasteiger partial charge in [-0.25, -0.2) is 18.5 Å². The molecule has 0 aliphatic rings. The Morgan fingerprint density at radius 1 is 1.09 bits per heavy atom. The Hall–Kier alpha value is -3.73. The summed E-state index contributed by atoms with van der Waals surface area (Å²) in [4.78, 5) is 18.3. The van der Waals surface area contributed by atoms with E-state index in [-0.39, 0.29) is 10.8 Å². The maximum Gasteiger partial charge on any atom is 0.251 e. The van der Waals surface area contributed by atoms with E-state index in [1.807, 2.05) is 47.0 Å². The minimum atomic E-state index is -3.71. The van der Waals surface area contributed by atoms with Crippen LogP contribution < -0.4 is 15.2 Å². The third-order valence-corrected chi connectivity index (χ3v) is 7.64. The molecule has 3 N–H and O–H groups in total. The lowest BCUT2D eigenvalue weighted by Gasteiger charge is -2.06. The van der Waals surface area contributed by atoms with Gasteiger partial charge >= 0.3 is 0 Å². The topological polar surface area (TPSA) is 116 Å². The second kappa shape index (κ2) is 9.14. The van der Waals surface area contributed by atoms with Crippen LogP contribution in [0.2, 0.25) is 0 Å². The summed E-state index contributed by atoms with van der Waals surface area (Å²) in [7, 11) is -2.07. The number of ether oxygens (including phenoxy) is 1. The molecule has 2 heterocycles. The lowest BCUT2D eigenvalue weighted by molar-refractivity contribution is 0.0954. The van der Waals surface area contributed by atoms with Crippen molar-refractivity contribution in [3.05, 3.63) is 84.1 Å². The number of nitrogens with zero attached hydrogens (tertiary/aromatic N) is 2. The molecule has 0 atom stereocenters. The van der Waals surface area contributed by atoms with Crippen LogP contribution in [0, 0.1) is 0 Å². The number of benzene rings is 3. The Morgan fingerprint density at radius 2 is 1.83 bits per heavy atom. The summed E-state index contributed by atoms with van der Waals surface area (Å²) in [6.07, 6.45) is 2.57. The van der Waals surface area contributed by atoms with Gasteiger partial charge in [0.05, 0.1) is 27.9 Å². The highest BCUT2D eigenvalue weighted by Crippen LogP contribution is 2.30. The maximum absolute atomic E-state index is 12.7. The SMILES string of the molecule is COc1ccc(-c2cn3c(n2)sc2cc(C(=O)NCCc4ccc(S(N)(=O)=O)cc4)ccc23)cc1. The highest BCUT2D eigenvalue weighted by atomic mass is 32.2. The number of thiazole rings is 1. The van der Waals surface area contributed by atoms with Gasteiger partial charge < -0.3 is 10.1 Å². The normalized spacial score (nSPS) is 11.7. The number of carbonyl (C=O) groups is 1. The molecular formula is C25H22N4O4S2. The number of aromatic nitrogens is 2. The number of rotatable bonds is 7. The van der Waals surface area contributed by atoms with E-state index in [0.717, 1.165) is 37.7 Å². The van der Waals surface area contributed by atoms with Gasteiger partial charge in [0.15, 0.2) is 4.96 Å². The fraction of sp³-hybridized carbons (Fsp3) is 0.120. The van der Waals surface area contributed by atoms with E-state index < -0.39 is 10.0 Å². The van der Waals surface area contributed by atoms with Gasteiger partial charge in [-0.15, -0.1) is 0 Å². The fourth-order valence-corrected chi connectivity index (χ4v) is 5.37. The van der Waals surface area contributed by atoms with Gasteiger partial charge in [0.2, 0.25) is 10.0 Å². The number of nitrogens with one attached hydrogen (secondary N) is 1. The zero-order valence-electron chi connectivity index (χ0n) is 18.8. The predicted molar refractivity (Wildman–Crippen MR) is 136 cm³/mol. The Morgan fingerprint density at radius 3 is 2.51 bits per heavy atom. The van der Waals surface area contributed by atoms with Gasteiger partial charge in [0, 0.05) is 23.9 Å². The fourth-order valence-electron chi connectivity index (χ4n) is 3.81. The Kier molecular flexibility index (Phi) is 6.01. The molecular weight excluding hydrogens is 484 g/mol. The smallest absolute Gasteiger partial charge is 0.251 e. The van der Waals surface area contributed by atoms with Crippen LogP contribution in [-0.4, -0.2) is 37.4 Å². The molecule has 178 valence electrons. The number of nitrogens with two attached hydrogens (primary N) is 1. The van der Waals surface area contributed by atoms with E-state index >= 15 is 0 Å². The predicted octanol–water partition coefficient (Wildman–Crippen LogP) is 3.84. The number of fused-ring (bicyclic) bond motifs is 3. The lowest BCUT2D eigenvalue weighted by atomic mass is 10.1. The van der Waals surface area contributed by atoms with Gasteiger partial charge in [0.25, 0.3) is 5.91 Å². The Labute approximate surface area is 206 Å². The van der Waals surface area contributed by atoms with Crippen LogP contribution in [0.1, 0.15) is 15.9 Å². The highest BCUT2D eigenvalue weighted by Gasteiger charge is 2.13. The molecule has 0 fully saturated rings. The van der Waals surface area contributed by atoms with Crippen LogP contribution >= 0.6 is 11.3 Å². The first-order valence-corrected chi connectivity index (χ1v) is 13.1. The molecule has 35 heavy (non-hydrogen) atoms. The number of carbonyl (C=O) groups excluding carboxylic acids is 1. The number of imidazole rings is 1. The van der Waals surface area contributed by atoms with Crippen molar-refractivity contribution in [1.82, 2.24) is 14.7 Å². The van der Waals surface area contributed by atoms with Crippen LogP contribution in [0.25, 0.3) is 26.4 Å². The molecule has 0 saturated heterocycles. The molecule has 1 amide bonds. The van der Waals surface area contributed by atoms with Crippen LogP contribution in [0.15, 0.2) is 77.8 Å². The third-order valence-electron chi connectivity index (χ3n) is 5.69. The van der Waals surface area contributed by atoms with Crippen molar-refractivity contribution in [2.45, 2.75) is 11.3 Å². The van der Waals surface area contributed by atoms with E-state index in [1.165, 1.54) is 23.5 Å². The molecule has 5 aromatic rings. The van der Waals surface area contributed by atoms with Gasteiger partial charge in [-0.3, -0.25) is 9.20 Å². The number of sulfonamides is 1. The first kappa shape index (κ1) is 23.0. The van der Waals surface area contributed by atoms with Gasteiger partial charge in [-0.05, 0) is 66.6 Å². The maximum atomic E-state index is 12.7. The summed E-state index contributed by atoms with van der Waals surface area (Å²) in [5.74, 6) is 0.629. The zero-order chi connectivity index (χ0) is 24.6. The van der Waals surface area contributed by atoms with E-state index in [4.69, 9.17) is 14.9 Å². The molecule has 0 saturated carbocycles. The van der Waals surface area contributed by atoms with Crippen LogP contribution in [-0.2, 0) is 16.4 Å². The summed E-state index contributed by atoms with van der Waals surface area (Å²) in [6, 6.07) is 19.7. The second-order valence-corrected chi connectivity index (χ2v) is 10.6. The van der Waals surface area contributed by atoms with Crippen molar-refractivity contribution in [3.63, 3.8) is 0 Å². The average Bonchev–Trinajstić information content (AvgIpc) is 3.41. The Bertz CT molecular complexity index is 1640. The zero-order valence-corrected chi connectivity index (χ0v) is 20.4. The van der Waals surface area contributed by atoms with Gasteiger partial charge in [-0.2, -0.15) is 0 Å². The minimum Gasteiger partial charge on any atom is -0.497 e. The van der Waals surface area contributed by atoms with E-state index in [2.05, 4.69) is 5.32 Å². The molecule has 8 nitrogen and oxygen atoms in total. The lowest BCUT2D eigenvalue weighted by Crippen LogP contribution is -2.25.